The lowest BCUT2D eigenvalue weighted by Gasteiger charge is -1.90. The normalized spacial score (nSPS) is 10.6. The molecule has 4 nitrogen and oxygen atoms in total. The fourth-order valence-corrected chi connectivity index (χ4v) is 2.13. The minimum atomic E-state index is 0.189. The van der Waals surface area contributed by atoms with Crippen molar-refractivity contribution in [3.8, 4) is 5.13 Å². The Morgan fingerprint density at radius 2 is 2.27 bits per heavy atom. The van der Waals surface area contributed by atoms with Crippen molar-refractivity contribution >= 4 is 40.8 Å². The molecular formula is C8H5Cl2N3OS. The van der Waals surface area contributed by atoms with Crippen molar-refractivity contribution < 1.29 is 4.79 Å². The number of carbonyl (C=O) groups is 1. The third-order valence-electron chi connectivity index (χ3n) is 1.74. The quantitative estimate of drug-likeness (QED) is 0.782. The van der Waals surface area contributed by atoms with Gasteiger partial charge in [0.1, 0.15) is 4.88 Å². The van der Waals surface area contributed by atoms with Crippen molar-refractivity contribution in [2.75, 3.05) is 0 Å². The number of aromatic nitrogens is 3. The summed E-state index contributed by atoms with van der Waals surface area (Å²) in [5.41, 5.74) is 0.704. The number of nitrogens with zero attached hydrogens (tertiary/aromatic N) is 3. The summed E-state index contributed by atoms with van der Waals surface area (Å²) in [5.74, 6) is 0. The molecule has 2 rings (SSSR count). The van der Waals surface area contributed by atoms with Crippen LogP contribution in [0.1, 0.15) is 15.4 Å². The van der Waals surface area contributed by atoms with Gasteiger partial charge < -0.3 is 0 Å². The van der Waals surface area contributed by atoms with Crippen molar-refractivity contribution in [2.45, 2.75) is 6.92 Å². The Labute approximate surface area is 99.5 Å². The number of aldehydes is 1. The molecule has 0 bridgehead atoms. The van der Waals surface area contributed by atoms with Gasteiger partial charge in [-0.15, -0.1) is 0 Å². The van der Waals surface area contributed by atoms with Crippen LogP contribution in [-0.2, 0) is 0 Å². The molecule has 0 aliphatic heterocycles. The summed E-state index contributed by atoms with van der Waals surface area (Å²) < 4.78 is 1.50. The summed E-state index contributed by atoms with van der Waals surface area (Å²) in [4.78, 5) is 15.0. The van der Waals surface area contributed by atoms with E-state index in [1.807, 2.05) is 0 Å². The monoisotopic (exact) mass is 261 g/mol. The predicted octanol–water partition coefficient (Wildman–Crippen LogP) is 2.76. The molecule has 0 aliphatic carbocycles. The highest BCUT2D eigenvalue weighted by molar-refractivity contribution is 7.16. The molecule has 78 valence electrons. The van der Waals surface area contributed by atoms with Gasteiger partial charge in [-0.05, 0) is 6.92 Å². The molecule has 0 atom stereocenters. The fraction of sp³-hybridized carbons (Fsp3) is 0.125. The third kappa shape index (κ3) is 1.90. The molecule has 7 heteroatoms. The van der Waals surface area contributed by atoms with E-state index in [0.717, 1.165) is 0 Å². The first-order valence-electron chi connectivity index (χ1n) is 3.95. The van der Waals surface area contributed by atoms with E-state index in [1.165, 1.54) is 16.0 Å². The van der Waals surface area contributed by atoms with E-state index in [9.17, 15) is 4.79 Å². The second-order valence-corrected chi connectivity index (χ2v) is 4.55. The second-order valence-electron chi connectivity index (χ2n) is 2.78. The van der Waals surface area contributed by atoms with Crippen molar-refractivity contribution in [1.82, 2.24) is 14.8 Å². The van der Waals surface area contributed by atoms with Crippen LogP contribution in [0.15, 0.2) is 6.20 Å². The standard InChI is InChI=1S/C8H5Cl2N3OS/c1-4-5(9)2-13(12-4)8-11-7(10)6(3-14)15-8/h2-3H,1H3. The minimum Gasteiger partial charge on any atom is -0.297 e. The van der Waals surface area contributed by atoms with Crippen molar-refractivity contribution in [1.29, 1.82) is 0 Å². The van der Waals surface area contributed by atoms with E-state index >= 15 is 0 Å². The molecule has 0 unspecified atom stereocenters. The molecule has 15 heavy (non-hydrogen) atoms. The van der Waals surface area contributed by atoms with E-state index in [2.05, 4.69) is 10.1 Å². The Morgan fingerprint density at radius 3 is 2.73 bits per heavy atom. The van der Waals surface area contributed by atoms with E-state index in [1.54, 1.807) is 13.1 Å². The van der Waals surface area contributed by atoms with Gasteiger partial charge in [0.15, 0.2) is 11.4 Å². The zero-order valence-corrected chi connectivity index (χ0v) is 9.90. The summed E-state index contributed by atoms with van der Waals surface area (Å²) in [6, 6.07) is 0. The molecule has 2 aromatic heterocycles. The van der Waals surface area contributed by atoms with Crippen LogP contribution in [0.2, 0.25) is 10.2 Å². The van der Waals surface area contributed by atoms with E-state index < -0.39 is 0 Å². The van der Waals surface area contributed by atoms with Crippen LogP contribution in [0.5, 0.6) is 0 Å². The highest BCUT2D eigenvalue weighted by Crippen LogP contribution is 2.25. The van der Waals surface area contributed by atoms with Crippen LogP contribution < -0.4 is 0 Å². The fourth-order valence-electron chi connectivity index (χ4n) is 1.01. The number of rotatable bonds is 2. The summed E-state index contributed by atoms with van der Waals surface area (Å²) in [7, 11) is 0. The maximum absolute atomic E-state index is 10.6. The summed E-state index contributed by atoms with van der Waals surface area (Å²) >= 11 is 12.8. The number of hydrogen-bond acceptors (Lipinski definition) is 4. The van der Waals surface area contributed by atoms with E-state index in [-0.39, 0.29) is 5.15 Å². The molecule has 0 spiro atoms. The maximum atomic E-state index is 10.6. The highest BCUT2D eigenvalue weighted by Gasteiger charge is 2.12. The topological polar surface area (TPSA) is 47.8 Å². The molecule has 2 aromatic rings. The van der Waals surface area contributed by atoms with Crippen LogP contribution in [0.3, 0.4) is 0 Å². The van der Waals surface area contributed by atoms with Gasteiger partial charge in [-0.1, -0.05) is 34.5 Å². The molecule has 0 aromatic carbocycles. The van der Waals surface area contributed by atoms with Crippen LogP contribution in [0.4, 0.5) is 0 Å². The van der Waals surface area contributed by atoms with Crippen LogP contribution in [-0.4, -0.2) is 21.1 Å². The molecular weight excluding hydrogens is 257 g/mol. The first-order chi connectivity index (χ1) is 7.11. The zero-order valence-electron chi connectivity index (χ0n) is 7.57. The van der Waals surface area contributed by atoms with Crippen molar-refractivity contribution in [3.05, 3.63) is 26.9 Å². The summed E-state index contributed by atoms with van der Waals surface area (Å²) in [6.45, 7) is 1.79. The van der Waals surface area contributed by atoms with Gasteiger partial charge in [0.2, 0.25) is 5.13 Å². The van der Waals surface area contributed by atoms with Gasteiger partial charge in [-0.3, -0.25) is 4.79 Å². The molecule has 2 heterocycles. The maximum Gasteiger partial charge on any atom is 0.212 e. The van der Waals surface area contributed by atoms with Crippen molar-refractivity contribution in [3.63, 3.8) is 0 Å². The lowest BCUT2D eigenvalue weighted by Crippen LogP contribution is -1.93. The van der Waals surface area contributed by atoms with Gasteiger partial charge in [-0.25, -0.2) is 9.67 Å². The van der Waals surface area contributed by atoms with Gasteiger partial charge in [0, 0.05) is 0 Å². The number of carbonyl (C=O) groups excluding carboxylic acids is 1. The lowest BCUT2D eigenvalue weighted by atomic mass is 10.5. The molecule has 0 radical (unpaired) electrons. The lowest BCUT2D eigenvalue weighted by molar-refractivity contribution is 0.112. The highest BCUT2D eigenvalue weighted by atomic mass is 35.5. The van der Waals surface area contributed by atoms with Crippen molar-refractivity contribution in [2.24, 2.45) is 0 Å². The summed E-state index contributed by atoms with van der Waals surface area (Å²) in [5, 5.41) is 5.39. The van der Waals surface area contributed by atoms with Gasteiger partial charge >= 0.3 is 0 Å². The molecule has 0 N–H and O–H groups in total. The number of aryl methyl sites for hydroxylation is 1. The molecule has 0 amide bonds. The average molecular weight is 262 g/mol. The molecule has 0 aliphatic rings. The third-order valence-corrected chi connectivity index (χ3v) is 3.48. The average Bonchev–Trinajstić information content (AvgIpc) is 2.71. The first-order valence-corrected chi connectivity index (χ1v) is 5.52. The number of hydrogen-bond donors (Lipinski definition) is 0. The molecule has 0 saturated carbocycles. The Balaban J connectivity index is 2.49. The predicted molar refractivity (Wildman–Crippen MR) is 59.4 cm³/mol. The van der Waals surface area contributed by atoms with Crippen LogP contribution in [0, 0.1) is 6.92 Å². The first kappa shape index (κ1) is 10.6. The summed E-state index contributed by atoms with van der Waals surface area (Å²) in [6.07, 6.45) is 2.29. The van der Waals surface area contributed by atoms with Gasteiger partial charge in [0.05, 0.1) is 16.9 Å². The largest absolute Gasteiger partial charge is 0.297 e. The van der Waals surface area contributed by atoms with Gasteiger partial charge in [-0.2, -0.15) is 5.10 Å². The molecule has 0 fully saturated rings. The van der Waals surface area contributed by atoms with E-state index in [4.69, 9.17) is 23.2 Å². The zero-order chi connectivity index (χ0) is 11.0. The number of thiazole rings is 1. The molecule has 0 saturated heterocycles. The Bertz CT molecular complexity index is 500. The van der Waals surface area contributed by atoms with Crippen LogP contribution in [0.25, 0.3) is 5.13 Å². The Morgan fingerprint density at radius 1 is 1.53 bits per heavy atom. The Hall–Kier alpha value is -0.910. The smallest absolute Gasteiger partial charge is 0.212 e. The second kappa shape index (κ2) is 3.92. The van der Waals surface area contributed by atoms with E-state index in [0.29, 0.717) is 27.0 Å². The van der Waals surface area contributed by atoms with Gasteiger partial charge in [0.25, 0.3) is 0 Å². The van der Waals surface area contributed by atoms with Crippen LogP contribution >= 0.6 is 34.5 Å². The number of halogens is 2. The Kier molecular flexibility index (Phi) is 2.77. The minimum absolute atomic E-state index is 0.189. The SMILES string of the molecule is Cc1nn(-c2nc(Cl)c(C=O)s2)cc1Cl.